The molecule has 9 nitrogen and oxygen atoms in total. The second-order valence-corrected chi connectivity index (χ2v) is 7.94. The van der Waals surface area contributed by atoms with Crippen molar-refractivity contribution >= 4 is 16.7 Å². The van der Waals surface area contributed by atoms with E-state index in [1.807, 2.05) is 6.07 Å². The van der Waals surface area contributed by atoms with Crippen LogP contribution in [0.15, 0.2) is 31.0 Å². The van der Waals surface area contributed by atoms with Gasteiger partial charge in [0, 0.05) is 42.4 Å². The molecule has 0 amide bonds. The van der Waals surface area contributed by atoms with Gasteiger partial charge >= 0.3 is 0 Å². The second kappa shape index (κ2) is 8.48. The van der Waals surface area contributed by atoms with Crippen LogP contribution in [0.2, 0.25) is 0 Å². The highest BCUT2D eigenvalue weighted by molar-refractivity contribution is 5.89. The Morgan fingerprint density at radius 1 is 1.21 bits per heavy atom. The molecular weight excluding hydrogens is 447 g/mol. The lowest BCUT2D eigenvalue weighted by Crippen LogP contribution is -2.27. The van der Waals surface area contributed by atoms with Crippen molar-refractivity contribution in [1.29, 1.82) is 10.5 Å². The number of nitrogens with zero attached hydrogens (tertiary/aromatic N) is 8. The van der Waals surface area contributed by atoms with E-state index >= 15 is 0 Å². The maximum absolute atomic E-state index is 14.4. The van der Waals surface area contributed by atoms with Gasteiger partial charge in [-0.05, 0) is 12.5 Å². The smallest absolute Gasteiger partial charge is 0.253 e. The number of rotatable bonds is 5. The fourth-order valence-electron chi connectivity index (χ4n) is 4.51. The van der Waals surface area contributed by atoms with Gasteiger partial charge in [-0.2, -0.15) is 29.4 Å². The quantitative estimate of drug-likeness (QED) is 0.450. The van der Waals surface area contributed by atoms with Gasteiger partial charge < -0.3 is 9.88 Å². The molecule has 0 spiro atoms. The van der Waals surface area contributed by atoms with Crippen molar-refractivity contribution in [3.8, 4) is 23.4 Å². The standard InChI is InChI=1S/C22H16F3N9/c23-17-15(7-27)19(21(25)32-20(17)24)33-6-3-12(9-33)16(1-4-26)34-10-13(8-31-34)18-14-2-5-28-22(14)30-11-29-18/h2,5,8,10-12,16H,1,3,6,9H2,(H,28,29,30). The summed E-state index contributed by atoms with van der Waals surface area (Å²) in [6, 6.07) is 5.20. The predicted molar refractivity (Wildman–Crippen MR) is 114 cm³/mol. The number of fused-ring (bicyclic) bond motifs is 1. The number of aromatic nitrogens is 6. The summed E-state index contributed by atoms with van der Waals surface area (Å²) in [6.07, 6.45) is 7.32. The van der Waals surface area contributed by atoms with Crippen LogP contribution in [0.3, 0.4) is 0 Å². The van der Waals surface area contributed by atoms with Gasteiger partial charge in [0.1, 0.15) is 29.3 Å². The molecule has 0 radical (unpaired) electrons. The zero-order chi connectivity index (χ0) is 23.8. The van der Waals surface area contributed by atoms with Crippen LogP contribution in [0.4, 0.5) is 18.9 Å². The summed E-state index contributed by atoms with van der Waals surface area (Å²) in [5, 5.41) is 24.0. The molecule has 0 bridgehead atoms. The molecule has 1 fully saturated rings. The molecule has 0 aromatic carbocycles. The minimum absolute atomic E-state index is 0.132. The van der Waals surface area contributed by atoms with Crippen molar-refractivity contribution in [2.24, 2.45) is 5.92 Å². The normalized spacial score (nSPS) is 16.5. The summed E-state index contributed by atoms with van der Waals surface area (Å²) in [5.41, 5.74) is 1.04. The van der Waals surface area contributed by atoms with Gasteiger partial charge in [0.15, 0.2) is 5.82 Å². The number of nitriles is 2. The molecular formula is C22H16F3N9. The van der Waals surface area contributed by atoms with E-state index in [2.05, 4.69) is 31.1 Å². The highest BCUT2D eigenvalue weighted by atomic mass is 19.2. The molecule has 170 valence electrons. The molecule has 0 saturated carbocycles. The van der Waals surface area contributed by atoms with Crippen molar-refractivity contribution in [3.05, 3.63) is 54.3 Å². The van der Waals surface area contributed by atoms with E-state index in [4.69, 9.17) is 0 Å². The molecule has 2 unspecified atom stereocenters. The molecule has 2 atom stereocenters. The number of aromatic amines is 1. The molecule has 4 aromatic heterocycles. The first-order chi connectivity index (χ1) is 16.5. The third-order valence-electron chi connectivity index (χ3n) is 6.10. The fraction of sp³-hybridized carbons (Fsp3) is 0.273. The van der Waals surface area contributed by atoms with Gasteiger partial charge in [-0.25, -0.2) is 14.4 Å². The Morgan fingerprint density at radius 2 is 2.06 bits per heavy atom. The van der Waals surface area contributed by atoms with Crippen molar-refractivity contribution in [1.82, 2.24) is 29.7 Å². The van der Waals surface area contributed by atoms with Crippen LogP contribution in [0.5, 0.6) is 0 Å². The zero-order valence-corrected chi connectivity index (χ0v) is 17.6. The Balaban J connectivity index is 1.44. The maximum atomic E-state index is 14.4. The number of H-pyrrole nitrogens is 1. The lowest BCUT2D eigenvalue weighted by Gasteiger charge is -2.24. The highest BCUT2D eigenvalue weighted by Gasteiger charge is 2.35. The number of nitrogens with one attached hydrogen (secondary N) is 1. The van der Waals surface area contributed by atoms with Crippen LogP contribution < -0.4 is 4.90 Å². The minimum atomic E-state index is -1.65. The SMILES string of the molecule is N#CCC(C1CCN(c2c(F)nc(F)c(F)c2C#N)C1)n1cc(-c2ncnc3[nH]ccc23)cn1. The van der Waals surface area contributed by atoms with Crippen molar-refractivity contribution in [3.63, 3.8) is 0 Å². The lowest BCUT2D eigenvalue weighted by molar-refractivity contribution is 0.331. The Bertz CT molecular complexity index is 1460. The van der Waals surface area contributed by atoms with Crippen LogP contribution in [-0.2, 0) is 0 Å². The Morgan fingerprint density at radius 3 is 2.85 bits per heavy atom. The molecule has 5 heterocycles. The van der Waals surface area contributed by atoms with Crippen LogP contribution in [-0.4, -0.2) is 42.8 Å². The summed E-state index contributed by atoms with van der Waals surface area (Å²) in [5.74, 6) is -4.53. The third kappa shape index (κ3) is 3.49. The molecule has 1 N–H and O–H groups in total. The largest absolute Gasteiger partial charge is 0.366 e. The number of hydrogen-bond acceptors (Lipinski definition) is 7. The van der Waals surface area contributed by atoms with Gasteiger partial charge in [0.05, 0.1) is 30.4 Å². The summed E-state index contributed by atoms with van der Waals surface area (Å²) < 4.78 is 43.7. The van der Waals surface area contributed by atoms with Crippen LogP contribution in [0, 0.1) is 46.3 Å². The predicted octanol–water partition coefficient (Wildman–Crippen LogP) is 3.49. The van der Waals surface area contributed by atoms with Gasteiger partial charge in [0.25, 0.3) is 5.95 Å². The number of anilines is 1. The van der Waals surface area contributed by atoms with Crippen molar-refractivity contribution in [2.75, 3.05) is 18.0 Å². The van der Waals surface area contributed by atoms with Crippen molar-refractivity contribution < 1.29 is 13.2 Å². The van der Waals surface area contributed by atoms with Gasteiger partial charge in [-0.3, -0.25) is 4.68 Å². The van der Waals surface area contributed by atoms with E-state index in [-0.39, 0.29) is 37.2 Å². The Hall–Kier alpha value is -4.45. The van der Waals surface area contributed by atoms with Crippen molar-refractivity contribution in [2.45, 2.75) is 18.9 Å². The summed E-state index contributed by atoms with van der Waals surface area (Å²) in [6.45, 7) is 0.504. The Labute approximate surface area is 191 Å². The minimum Gasteiger partial charge on any atom is -0.366 e. The van der Waals surface area contributed by atoms with Crippen LogP contribution in [0.25, 0.3) is 22.3 Å². The van der Waals surface area contributed by atoms with Gasteiger partial charge in [-0.1, -0.05) is 0 Å². The van der Waals surface area contributed by atoms with E-state index in [1.165, 1.54) is 17.3 Å². The summed E-state index contributed by atoms with van der Waals surface area (Å²) >= 11 is 0. The van der Waals surface area contributed by atoms with E-state index < -0.39 is 23.3 Å². The van der Waals surface area contributed by atoms with E-state index in [0.717, 1.165) is 10.9 Å². The zero-order valence-electron chi connectivity index (χ0n) is 17.6. The van der Waals surface area contributed by atoms with E-state index in [0.29, 0.717) is 17.8 Å². The van der Waals surface area contributed by atoms with E-state index in [1.54, 1.807) is 23.3 Å². The number of pyridine rings is 1. The topological polar surface area (TPSA) is 123 Å². The third-order valence-corrected chi connectivity index (χ3v) is 6.10. The lowest BCUT2D eigenvalue weighted by atomic mass is 9.96. The first-order valence-corrected chi connectivity index (χ1v) is 10.4. The molecule has 0 aliphatic carbocycles. The average molecular weight is 463 g/mol. The fourth-order valence-corrected chi connectivity index (χ4v) is 4.51. The monoisotopic (exact) mass is 463 g/mol. The average Bonchev–Trinajstić information content (AvgIpc) is 3.60. The number of halogens is 3. The van der Waals surface area contributed by atoms with Crippen LogP contribution in [0.1, 0.15) is 24.4 Å². The molecule has 1 saturated heterocycles. The maximum Gasteiger partial charge on any atom is 0.253 e. The summed E-state index contributed by atoms with van der Waals surface area (Å²) in [4.78, 5) is 16.0. The van der Waals surface area contributed by atoms with Crippen LogP contribution >= 0.6 is 0 Å². The molecule has 5 rings (SSSR count). The second-order valence-electron chi connectivity index (χ2n) is 7.94. The molecule has 1 aliphatic rings. The first kappa shape index (κ1) is 21.4. The molecule has 12 heteroatoms. The van der Waals surface area contributed by atoms with Gasteiger partial charge in [0.2, 0.25) is 5.95 Å². The van der Waals surface area contributed by atoms with E-state index in [9.17, 15) is 23.7 Å². The highest BCUT2D eigenvalue weighted by Crippen LogP contribution is 2.36. The van der Waals surface area contributed by atoms with Gasteiger partial charge in [-0.15, -0.1) is 0 Å². The Kier molecular flexibility index (Phi) is 5.34. The molecule has 1 aliphatic heterocycles. The first-order valence-electron chi connectivity index (χ1n) is 10.4. The molecule has 34 heavy (non-hydrogen) atoms. The number of hydrogen-bond donors (Lipinski definition) is 1. The summed E-state index contributed by atoms with van der Waals surface area (Å²) in [7, 11) is 0. The molecule has 4 aromatic rings.